The smallest absolute Gasteiger partial charge is 0.219 e. The van der Waals surface area contributed by atoms with Gasteiger partial charge in [0.2, 0.25) is 5.88 Å². The van der Waals surface area contributed by atoms with Crippen LogP contribution in [0.15, 0.2) is 83.6 Å². The predicted octanol–water partition coefficient (Wildman–Crippen LogP) is 5.43. The van der Waals surface area contributed by atoms with E-state index in [9.17, 15) is 5.11 Å². The van der Waals surface area contributed by atoms with Gasteiger partial charge in [-0.15, -0.1) is 0 Å². The fraction of sp³-hybridized carbons (Fsp3) is 0.0800. The molecule has 0 amide bonds. The number of aromatic hydroxyl groups is 1. The van der Waals surface area contributed by atoms with E-state index in [0.717, 1.165) is 22.6 Å². The molecule has 150 valence electrons. The van der Waals surface area contributed by atoms with Crippen molar-refractivity contribution in [3.63, 3.8) is 0 Å². The molecule has 0 fully saturated rings. The first kappa shape index (κ1) is 18.6. The van der Waals surface area contributed by atoms with Crippen molar-refractivity contribution in [3.8, 4) is 17.1 Å². The zero-order valence-corrected chi connectivity index (χ0v) is 16.6. The highest BCUT2D eigenvalue weighted by molar-refractivity contribution is 5.65. The average molecular weight is 406 g/mol. The van der Waals surface area contributed by atoms with Crippen LogP contribution in [0.3, 0.4) is 0 Å². The summed E-state index contributed by atoms with van der Waals surface area (Å²) in [5.74, 6) is 0.799. The molecule has 0 aliphatic rings. The number of benzene rings is 2. The van der Waals surface area contributed by atoms with Gasteiger partial charge < -0.3 is 9.52 Å². The number of hydrogen-bond acceptors (Lipinski definition) is 4. The maximum absolute atomic E-state index is 10.9. The summed E-state index contributed by atoms with van der Waals surface area (Å²) in [6.07, 6.45) is 4.36. The molecule has 0 saturated heterocycles. The zero-order valence-electron chi connectivity index (χ0n) is 16.6. The molecule has 5 aromatic rings. The second-order valence-corrected chi connectivity index (χ2v) is 7.23. The summed E-state index contributed by atoms with van der Waals surface area (Å²) in [6.45, 7) is 7.15. The molecule has 0 spiro atoms. The number of nitrogens with zero attached hydrogens (tertiary/aromatic N) is 4. The van der Waals surface area contributed by atoms with Gasteiger partial charge in [-0.05, 0) is 23.3 Å². The summed E-state index contributed by atoms with van der Waals surface area (Å²) >= 11 is 0. The second kappa shape index (κ2) is 7.81. The van der Waals surface area contributed by atoms with Crippen LogP contribution in [0.5, 0.6) is 5.88 Å². The van der Waals surface area contributed by atoms with Crippen LogP contribution >= 0.6 is 0 Å². The predicted molar refractivity (Wildman–Crippen MR) is 117 cm³/mol. The molecule has 3 aromatic heterocycles. The molecule has 0 atom stereocenters. The van der Waals surface area contributed by atoms with Crippen LogP contribution in [0.25, 0.3) is 21.7 Å². The third-order valence-corrected chi connectivity index (χ3v) is 5.15. The number of furan rings is 1. The van der Waals surface area contributed by atoms with Crippen molar-refractivity contribution >= 4 is 11.3 Å². The Labute approximate surface area is 178 Å². The summed E-state index contributed by atoms with van der Waals surface area (Å²) in [7, 11) is 0. The quantitative estimate of drug-likeness (QED) is 0.395. The van der Waals surface area contributed by atoms with Crippen LogP contribution < -0.4 is 0 Å². The number of fused-ring (bicyclic) bond motifs is 1. The molecule has 31 heavy (non-hydrogen) atoms. The Bertz CT molecular complexity index is 1380. The van der Waals surface area contributed by atoms with Gasteiger partial charge in [0, 0.05) is 12.6 Å². The van der Waals surface area contributed by atoms with Crippen LogP contribution in [-0.2, 0) is 12.8 Å². The molecule has 1 N–H and O–H groups in total. The highest BCUT2D eigenvalue weighted by atomic mass is 16.3. The van der Waals surface area contributed by atoms with Gasteiger partial charge in [-0.3, -0.25) is 4.40 Å². The average Bonchev–Trinajstić information content (AvgIpc) is 3.43. The lowest BCUT2D eigenvalue weighted by atomic mass is 10.1. The topological polar surface area (TPSA) is 67.9 Å². The lowest BCUT2D eigenvalue weighted by Crippen LogP contribution is -2.00. The molecule has 3 heterocycles. The Morgan fingerprint density at radius 2 is 1.71 bits per heavy atom. The van der Waals surface area contributed by atoms with E-state index in [2.05, 4.69) is 4.85 Å². The standard InChI is InChI=1S/C25H18N4O2/c1-26-19-11-9-18(10-12-19)23-16-29-24(21(27-23)14-17-6-3-2-4-7-17)28-22(25(29)30)15-20-8-5-13-31-20/h2-13,16,30H,14-15H2. The fourth-order valence-electron chi connectivity index (χ4n) is 3.59. The molecule has 0 unspecified atom stereocenters. The van der Waals surface area contributed by atoms with Gasteiger partial charge in [-0.1, -0.05) is 54.6 Å². The summed E-state index contributed by atoms with van der Waals surface area (Å²) in [5.41, 5.74) is 5.15. The number of hydrogen-bond donors (Lipinski definition) is 1. The van der Waals surface area contributed by atoms with E-state index < -0.39 is 0 Å². The lowest BCUT2D eigenvalue weighted by molar-refractivity contribution is 0.438. The highest BCUT2D eigenvalue weighted by Crippen LogP contribution is 2.29. The largest absolute Gasteiger partial charge is 0.493 e. The van der Waals surface area contributed by atoms with E-state index in [1.54, 1.807) is 29.0 Å². The minimum Gasteiger partial charge on any atom is -0.493 e. The summed E-state index contributed by atoms with van der Waals surface area (Å²) in [5, 5.41) is 10.9. The van der Waals surface area contributed by atoms with E-state index in [0.29, 0.717) is 35.6 Å². The molecule has 6 heteroatoms. The van der Waals surface area contributed by atoms with Gasteiger partial charge in [-0.2, -0.15) is 0 Å². The normalized spacial score (nSPS) is 10.9. The molecule has 0 aliphatic heterocycles. The first-order valence-corrected chi connectivity index (χ1v) is 9.85. The molecular formula is C25H18N4O2. The Morgan fingerprint density at radius 3 is 2.42 bits per heavy atom. The van der Waals surface area contributed by atoms with Crippen molar-refractivity contribution < 1.29 is 9.52 Å². The Balaban J connectivity index is 1.65. The molecule has 0 saturated carbocycles. The first-order chi connectivity index (χ1) is 15.2. The van der Waals surface area contributed by atoms with Gasteiger partial charge >= 0.3 is 0 Å². The number of aromatic nitrogens is 3. The van der Waals surface area contributed by atoms with Gasteiger partial charge in [0.05, 0.1) is 30.6 Å². The van der Waals surface area contributed by atoms with Crippen LogP contribution in [0.1, 0.15) is 22.7 Å². The summed E-state index contributed by atoms with van der Waals surface area (Å²) in [4.78, 5) is 13.0. The molecule has 6 nitrogen and oxygen atoms in total. The molecule has 5 rings (SSSR count). The minimum absolute atomic E-state index is 0.0714. The van der Waals surface area contributed by atoms with Gasteiger partial charge in [0.15, 0.2) is 11.3 Å². The monoisotopic (exact) mass is 406 g/mol. The van der Waals surface area contributed by atoms with Gasteiger partial charge in [0.1, 0.15) is 11.5 Å². The van der Waals surface area contributed by atoms with Crippen LogP contribution in [0, 0.1) is 6.57 Å². The molecule has 0 radical (unpaired) electrons. The van der Waals surface area contributed by atoms with E-state index in [1.807, 2.05) is 54.6 Å². The van der Waals surface area contributed by atoms with Crippen molar-refractivity contribution in [3.05, 3.63) is 113 Å². The van der Waals surface area contributed by atoms with E-state index >= 15 is 0 Å². The van der Waals surface area contributed by atoms with Crippen LogP contribution in [0.4, 0.5) is 5.69 Å². The zero-order chi connectivity index (χ0) is 21.2. The van der Waals surface area contributed by atoms with Crippen molar-refractivity contribution in [1.82, 2.24) is 14.4 Å². The number of rotatable bonds is 5. The highest BCUT2D eigenvalue weighted by Gasteiger charge is 2.18. The third-order valence-electron chi connectivity index (χ3n) is 5.15. The Hall–Kier alpha value is -4.37. The van der Waals surface area contributed by atoms with E-state index in [4.69, 9.17) is 21.0 Å². The maximum atomic E-state index is 10.9. The molecular weight excluding hydrogens is 388 g/mol. The van der Waals surface area contributed by atoms with Crippen molar-refractivity contribution in [1.29, 1.82) is 0 Å². The third kappa shape index (κ3) is 3.65. The maximum Gasteiger partial charge on any atom is 0.219 e. The Morgan fingerprint density at radius 1 is 0.903 bits per heavy atom. The summed E-state index contributed by atoms with van der Waals surface area (Å²) < 4.78 is 7.11. The van der Waals surface area contributed by atoms with Crippen molar-refractivity contribution in [2.24, 2.45) is 0 Å². The Kier molecular flexibility index (Phi) is 4.70. The first-order valence-electron chi connectivity index (χ1n) is 9.85. The van der Waals surface area contributed by atoms with E-state index in [1.165, 1.54) is 0 Å². The summed E-state index contributed by atoms with van der Waals surface area (Å²) in [6, 6.07) is 21.0. The van der Waals surface area contributed by atoms with Gasteiger partial charge in [0.25, 0.3) is 0 Å². The van der Waals surface area contributed by atoms with Gasteiger partial charge in [-0.25, -0.2) is 14.8 Å². The van der Waals surface area contributed by atoms with Crippen molar-refractivity contribution in [2.75, 3.05) is 0 Å². The lowest BCUT2D eigenvalue weighted by Gasteiger charge is -2.08. The molecule has 0 aliphatic carbocycles. The minimum atomic E-state index is 0.0714. The van der Waals surface area contributed by atoms with Crippen LogP contribution in [0.2, 0.25) is 0 Å². The second-order valence-electron chi connectivity index (χ2n) is 7.23. The van der Waals surface area contributed by atoms with Crippen LogP contribution in [-0.4, -0.2) is 19.5 Å². The number of imidazole rings is 1. The fourth-order valence-corrected chi connectivity index (χ4v) is 3.59. The SMILES string of the molecule is [C-]#[N+]c1ccc(-c2cn3c(O)c(Cc4ccco4)nc3c(Cc3ccccc3)n2)cc1. The van der Waals surface area contributed by atoms with Crippen molar-refractivity contribution in [2.45, 2.75) is 12.8 Å². The van der Waals surface area contributed by atoms with E-state index in [-0.39, 0.29) is 5.88 Å². The molecule has 2 aromatic carbocycles. The molecule has 0 bridgehead atoms.